The van der Waals surface area contributed by atoms with Gasteiger partial charge in [0.1, 0.15) is 23.7 Å². The molecular weight excluding hydrogens is 506 g/mol. The van der Waals surface area contributed by atoms with E-state index in [1.165, 1.54) is 19.2 Å². The monoisotopic (exact) mass is 537 g/mol. The lowest BCUT2D eigenvalue weighted by atomic mass is 10.1. The summed E-state index contributed by atoms with van der Waals surface area (Å²) in [6.07, 6.45) is 9.82. The van der Waals surface area contributed by atoms with Crippen LogP contribution in [0.15, 0.2) is 61.1 Å². The van der Waals surface area contributed by atoms with Crippen LogP contribution in [-0.2, 0) is 4.79 Å². The maximum atomic E-state index is 12.8. The number of rotatable bonds is 8. The SMILES string of the molecule is Cc1ccnc(NC(=O)c2ccc(-c3nn([C@@H]4CCN(C(=O)C=CCNC5CC5)C4)c4ncnc(N)c34)cc2)c1. The predicted molar refractivity (Wildman–Crippen MR) is 152 cm³/mol. The van der Waals surface area contributed by atoms with E-state index < -0.39 is 0 Å². The Labute approximate surface area is 231 Å². The second kappa shape index (κ2) is 10.9. The molecule has 1 saturated heterocycles. The second-order valence-corrected chi connectivity index (χ2v) is 10.3. The third kappa shape index (κ3) is 5.41. The second-order valence-electron chi connectivity index (χ2n) is 10.3. The average Bonchev–Trinajstić information content (AvgIpc) is 3.49. The standard InChI is InChI=1S/C29H31N9O2/c1-18-10-13-32-23(15-18)35-29(40)20-6-4-19(5-7-20)26-25-27(30)33-17-34-28(25)38(36-26)22-11-14-37(16-22)24(39)3-2-12-31-21-8-9-21/h2-7,10,13,15,17,21-22,31H,8-9,11-12,14,16H2,1H3,(H2,30,33,34)(H,32,35,40)/t22-/m1/s1. The number of fused-ring (bicyclic) bond motifs is 1. The summed E-state index contributed by atoms with van der Waals surface area (Å²) in [7, 11) is 0. The van der Waals surface area contributed by atoms with Crippen molar-refractivity contribution in [3.63, 3.8) is 0 Å². The van der Waals surface area contributed by atoms with E-state index in [1.807, 2.05) is 46.8 Å². The van der Waals surface area contributed by atoms with E-state index in [2.05, 4.69) is 25.6 Å². The number of carbonyl (C=O) groups is 2. The number of nitrogens with one attached hydrogen (secondary N) is 2. The van der Waals surface area contributed by atoms with Crippen molar-refractivity contribution in [2.45, 2.75) is 38.3 Å². The zero-order valence-electron chi connectivity index (χ0n) is 22.2. The number of carbonyl (C=O) groups excluding carboxylic acids is 2. The highest BCUT2D eigenvalue weighted by Gasteiger charge is 2.30. The van der Waals surface area contributed by atoms with E-state index in [-0.39, 0.29) is 17.9 Å². The van der Waals surface area contributed by atoms with Crippen molar-refractivity contribution in [1.29, 1.82) is 0 Å². The summed E-state index contributed by atoms with van der Waals surface area (Å²) in [5.74, 6) is 0.575. The molecule has 6 rings (SSSR count). The molecule has 1 aromatic carbocycles. The molecule has 2 aliphatic rings. The lowest BCUT2D eigenvalue weighted by Crippen LogP contribution is -2.28. The summed E-state index contributed by atoms with van der Waals surface area (Å²) in [5.41, 5.74) is 9.84. The van der Waals surface area contributed by atoms with E-state index in [4.69, 9.17) is 10.8 Å². The van der Waals surface area contributed by atoms with Crippen LogP contribution >= 0.6 is 0 Å². The first-order valence-corrected chi connectivity index (χ1v) is 13.5. The van der Waals surface area contributed by atoms with Gasteiger partial charge in [0.25, 0.3) is 5.91 Å². The molecule has 3 aromatic heterocycles. The maximum absolute atomic E-state index is 12.8. The Hall–Kier alpha value is -4.64. The summed E-state index contributed by atoms with van der Waals surface area (Å²) < 4.78 is 1.86. The summed E-state index contributed by atoms with van der Waals surface area (Å²) in [6, 6.07) is 11.4. The van der Waals surface area contributed by atoms with Crippen molar-refractivity contribution < 1.29 is 9.59 Å². The number of pyridine rings is 1. The summed E-state index contributed by atoms with van der Waals surface area (Å²) in [5, 5.41) is 11.8. The number of benzene rings is 1. The molecule has 2 fully saturated rings. The van der Waals surface area contributed by atoms with Gasteiger partial charge in [-0.2, -0.15) is 5.10 Å². The minimum Gasteiger partial charge on any atom is -0.383 e. The van der Waals surface area contributed by atoms with Crippen LogP contribution in [0.1, 0.15) is 41.2 Å². The van der Waals surface area contributed by atoms with Gasteiger partial charge >= 0.3 is 0 Å². The third-order valence-corrected chi connectivity index (χ3v) is 7.28. The molecule has 1 aliphatic heterocycles. The van der Waals surface area contributed by atoms with Crippen molar-refractivity contribution in [2.75, 3.05) is 30.7 Å². The average molecular weight is 538 g/mol. The van der Waals surface area contributed by atoms with E-state index in [0.29, 0.717) is 59.6 Å². The van der Waals surface area contributed by atoms with Crippen molar-refractivity contribution in [2.24, 2.45) is 0 Å². The first-order chi connectivity index (χ1) is 19.5. The molecular formula is C29H31N9O2. The van der Waals surface area contributed by atoms with Gasteiger partial charge in [-0.1, -0.05) is 18.2 Å². The number of hydrogen-bond donors (Lipinski definition) is 3. The molecule has 0 bridgehead atoms. The first-order valence-electron chi connectivity index (χ1n) is 13.5. The Morgan fingerprint density at radius 1 is 1.10 bits per heavy atom. The Bertz CT molecular complexity index is 1590. The summed E-state index contributed by atoms with van der Waals surface area (Å²) >= 11 is 0. The minimum atomic E-state index is -0.254. The minimum absolute atomic E-state index is 0.000602. The molecule has 1 saturated carbocycles. The van der Waals surface area contributed by atoms with Crippen molar-refractivity contribution in [1.82, 2.24) is 34.9 Å². The molecule has 11 nitrogen and oxygen atoms in total. The Balaban J connectivity index is 1.21. The molecule has 4 aromatic rings. The number of aryl methyl sites for hydroxylation is 1. The lowest BCUT2D eigenvalue weighted by Gasteiger charge is -2.15. The molecule has 1 atom stereocenters. The molecule has 0 unspecified atom stereocenters. The molecule has 11 heteroatoms. The Morgan fingerprint density at radius 2 is 1.93 bits per heavy atom. The molecule has 204 valence electrons. The van der Waals surface area contributed by atoms with E-state index in [0.717, 1.165) is 17.5 Å². The van der Waals surface area contributed by atoms with Crippen LogP contribution in [0.2, 0.25) is 0 Å². The van der Waals surface area contributed by atoms with Crippen molar-refractivity contribution >= 4 is 34.5 Å². The number of anilines is 2. The fourth-order valence-corrected chi connectivity index (χ4v) is 4.95. The maximum Gasteiger partial charge on any atom is 0.256 e. The lowest BCUT2D eigenvalue weighted by molar-refractivity contribution is -0.125. The van der Waals surface area contributed by atoms with Gasteiger partial charge in [0.2, 0.25) is 5.91 Å². The van der Waals surface area contributed by atoms with Gasteiger partial charge in [-0.25, -0.2) is 19.6 Å². The van der Waals surface area contributed by atoms with E-state index >= 15 is 0 Å². The fourth-order valence-electron chi connectivity index (χ4n) is 4.95. The Kier molecular flexibility index (Phi) is 6.95. The Morgan fingerprint density at radius 3 is 2.70 bits per heavy atom. The van der Waals surface area contributed by atoms with Crippen LogP contribution in [0.25, 0.3) is 22.3 Å². The normalized spacial score (nSPS) is 17.1. The van der Waals surface area contributed by atoms with Gasteiger partial charge in [0.15, 0.2) is 5.65 Å². The van der Waals surface area contributed by atoms with E-state index in [1.54, 1.807) is 24.4 Å². The zero-order valence-corrected chi connectivity index (χ0v) is 22.2. The number of nitrogens with zero attached hydrogens (tertiary/aromatic N) is 6. The molecule has 2 amide bonds. The molecule has 4 heterocycles. The highest BCUT2D eigenvalue weighted by Crippen LogP contribution is 2.34. The molecule has 1 aliphatic carbocycles. The zero-order chi connectivity index (χ0) is 27.6. The van der Waals surface area contributed by atoms with Crippen molar-refractivity contribution in [3.8, 4) is 11.3 Å². The van der Waals surface area contributed by atoms with Gasteiger partial charge < -0.3 is 21.3 Å². The largest absolute Gasteiger partial charge is 0.383 e. The summed E-state index contributed by atoms with van der Waals surface area (Å²) in [6.45, 7) is 3.82. The molecule has 40 heavy (non-hydrogen) atoms. The molecule has 0 radical (unpaired) electrons. The van der Waals surface area contributed by atoms with Crippen LogP contribution in [0.3, 0.4) is 0 Å². The number of likely N-dealkylation sites (tertiary alicyclic amines) is 1. The van der Waals surface area contributed by atoms with Gasteiger partial charge in [-0.05, 0) is 56.0 Å². The smallest absolute Gasteiger partial charge is 0.256 e. The third-order valence-electron chi connectivity index (χ3n) is 7.28. The van der Waals surface area contributed by atoms with Crippen LogP contribution in [0.4, 0.5) is 11.6 Å². The topological polar surface area (TPSA) is 144 Å². The fraction of sp³-hybridized carbons (Fsp3) is 0.310. The van der Waals surface area contributed by atoms with Gasteiger partial charge in [0.05, 0.1) is 11.4 Å². The van der Waals surface area contributed by atoms with Crippen LogP contribution in [-0.4, -0.2) is 67.1 Å². The van der Waals surface area contributed by atoms with Gasteiger partial charge in [-0.15, -0.1) is 0 Å². The number of aromatic nitrogens is 5. The number of nitrogens with two attached hydrogens (primary N) is 1. The van der Waals surface area contributed by atoms with Crippen LogP contribution in [0.5, 0.6) is 0 Å². The van der Waals surface area contributed by atoms with Crippen LogP contribution in [0, 0.1) is 6.92 Å². The number of nitrogen functional groups attached to an aromatic ring is 1. The summed E-state index contributed by atoms with van der Waals surface area (Å²) in [4.78, 5) is 40.2. The number of amides is 2. The van der Waals surface area contributed by atoms with Crippen molar-refractivity contribution in [3.05, 3.63) is 72.2 Å². The number of hydrogen-bond acceptors (Lipinski definition) is 8. The quantitative estimate of drug-likeness (QED) is 0.291. The first kappa shape index (κ1) is 25.6. The predicted octanol–water partition coefficient (Wildman–Crippen LogP) is 3.11. The van der Waals surface area contributed by atoms with E-state index in [9.17, 15) is 9.59 Å². The van der Waals surface area contributed by atoms with Gasteiger partial charge in [-0.3, -0.25) is 9.59 Å². The van der Waals surface area contributed by atoms with Gasteiger partial charge in [0, 0.05) is 49.1 Å². The van der Waals surface area contributed by atoms with Crippen LogP contribution < -0.4 is 16.4 Å². The highest BCUT2D eigenvalue weighted by atomic mass is 16.2. The molecule has 0 spiro atoms. The highest BCUT2D eigenvalue weighted by molar-refractivity contribution is 6.04. The molecule has 4 N–H and O–H groups in total.